The van der Waals surface area contributed by atoms with Crippen LogP contribution in [0.4, 0.5) is 5.82 Å². The molecule has 0 aliphatic rings. The Hall–Kier alpha value is -2.10. The molecule has 0 unspecified atom stereocenters. The second-order valence-corrected chi connectivity index (χ2v) is 5.29. The van der Waals surface area contributed by atoms with Crippen molar-refractivity contribution in [2.24, 2.45) is 0 Å². The summed E-state index contributed by atoms with van der Waals surface area (Å²) in [7, 11) is 0. The van der Waals surface area contributed by atoms with Crippen molar-refractivity contribution in [3.63, 3.8) is 0 Å². The Morgan fingerprint density at radius 3 is 2.33 bits per heavy atom. The highest BCUT2D eigenvalue weighted by molar-refractivity contribution is 5.96. The van der Waals surface area contributed by atoms with Crippen LogP contribution in [0.2, 0.25) is 0 Å². The first-order valence-corrected chi connectivity index (χ1v) is 5.85. The van der Waals surface area contributed by atoms with Gasteiger partial charge in [-0.25, -0.2) is 0 Å². The Balaban J connectivity index is 2.41. The molecule has 2 aromatic rings. The van der Waals surface area contributed by atoms with Gasteiger partial charge in [0.05, 0.1) is 5.69 Å². The number of hydrogen-bond acceptors (Lipinski definition) is 3. The number of rotatable bonds is 1. The van der Waals surface area contributed by atoms with Crippen molar-refractivity contribution in [1.82, 2.24) is 9.78 Å². The van der Waals surface area contributed by atoms with Crippen molar-refractivity contribution < 1.29 is 4.79 Å². The zero-order valence-corrected chi connectivity index (χ0v) is 10.8. The highest BCUT2D eigenvalue weighted by atomic mass is 16.2. The fraction of sp³-hybridized carbons (Fsp3) is 0.286. The molecule has 1 heterocycles. The molecule has 0 aliphatic carbocycles. The van der Waals surface area contributed by atoms with Gasteiger partial charge in [0.15, 0.2) is 0 Å². The van der Waals surface area contributed by atoms with Crippen molar-refractivity contribution in [2.45, 2.75) is 26.2 Å². The van der Waals surface area contributed by atoms with Crippen LogP contribution in [0.5, 0.6) is 0 Å². The topological polar surface area (TPSA) is 60.9 Å². The van der Waals surface area contributed by atoms with E-state index in [0.717, 1.165) is 5.69 Å². The summed E-state index contributed by atoms with van der Waals surface area (Å²) in [5.74, 6) is 0.164. The molecule has 94 valence electrons. The number of hydrogen-bond donors (Lipinski definition) is 1. The van der Waals surface area contributed by atoms with Crippen LogP contribution in [0.1, 0.15) is 36.8 Å². The monoisotopic (exact) mass is 243 g/mol. The third-order valence-corrected chi connectivity index (χ3v) is 2.72. The number of carbonyl (C=O) groups is 1. The number of nitrogen functional groups attached to an aromatic ring is 1. The molecule has 4 nitrogen and oxygen atoms in total. The van der Waals surface area contributed by atoms with E-state index in [4.69, 9.17) is 5.73 Å². The minimum atomic E-state index is -0.205. The molecule has 0 fully saturated rings. The molecular weight excluding hydrogens is 226 g/mol. The molecule has 4 heteroatoms. The fourth-order valence-corrected chi connectivity index (χ4v) is 1.63. The molecule has 0 bridgehead atoms. The number of nitrogens with two attached hydrogens (primary N) is 1. The first-order chi connectivity index (χ1) is 8.39. The van der Waals surface area contributed by atoms with Gasteiger partial charge in [0.1, 0.15) is 5.82 Å². The molecule has 1 aromatic heterocycles. The predicted octanol–water partition coefficient (Wildman–Crippen LogP) is 2.45. The van der Waals surface area contributed by atoms with E-state index < -0.39 is 0 Å². The van der Waals surface area contributed by atoms with Crippen molar-refractivity contribution >= 4 is 11.7 Å². The Morgan fingerprint density at radius 2 is 1.83 bits per heavy atom. The molecular formula is C14H17N3O. The van der Waals surface area contributed by atoms with Crippen LogP contribution in [0.3, 0.4) is 0 Å². The zero-order valence-electron chi connectivity index (χ0n) is 10.8. The van der Waals surface area contributed by atoms with Crippen LogP contribution >= 0.6 is 0 Å². The Morgan fingerprint density at radius 1 is 1.22 bits per heavy atom. The molecule has 18 heavy (non-hydrogen) atoms. The lowest BCUT2D eigenvalue weighted by Gasteiger charge is -2.13. The summed E-state index contributed by atoms with van der Waals surface area (Å²) >= 11 is 0. The Bertz CT molecular complexity index is 564. The SMILES string of the molecule is CC(C)(C)c1cc(N)n(C(=O)c2ccccc2)n1. The van der Waals surface area contributed by atoms with Crippen LogP contribution in [0.15, 0.2) is 36.4 Å². The van der Waals surface area contributed by atoms with Gasteiger partial charge in [0.2, 0.25) is 0 Å². The summed E-state index contributed by atoms with van der Waals surface area (Å²) < 4.78 is 1.26. The highest BCUT2D eigenvalue weighted by Crippen LogP contribution is 2.23. The van der Waals surface area contributed by atoms with Gasteiger partial charge < -0.3 is 5.73 Å². The van der Waals surface area contributed by atoms with Crippen LogP contribution in [-0.2, 0) is 5.41 Å². The molecule has 0 radical (unpaired) electrons. The van der Waals surface area contributed by atoms with Gasteiger partial charge in [-0.05, 0) is 12.1 Å². The lowest BCUT2D eigenvalue weighted by molar-refractivity contribution is 0.0947. The highest BCUT2D eigenvalue weighted by Gasteiger charge is 2.21. The van der Waals surface area contributed by atoms with Crippen molar-refractivity contribution in [1.29, 1.82) is 0 Å². The van der Waals surface area contributed by atoms with Crippen LogP contribution in [0.25, 0.3) is 0 Å². The third-order valence-electron chi connectivity index (χ3n) is 2.72. The molecule has 0 saturated carbocycles. The summed E-state index contributed by atoms with van der Waals surface area (Å²) in [4.78, 5) is 12.2. The maximum atomic E-state index is 12.2. The van der Waals surface area contributed by atoms with Gasteiger partial charge in [0.25, 0.3) is 5.91 Å². The van der Waals surface area contributed by atoms with E-state index in [-0.39, 0.29) is 11.3 Å². The smallest absolute Gasteiger partial charge is 0.280 e. The molecule has 0 aliphatic heterocycles. The number of nitrogens with zero attached hydrogens (tertiary/aromatic N) is 2. The molecule has 0 amide bonds. The molecule has 2 N–H and O–H groups in total. The van der Waals surface area contributed by atoms with E-state index in [1.54, 1.807) is 18.2 Å². The summed E-state index contributed by atoms with van der Waals surface area (Å²) in [6.45, 7) is 6.10. The maximum Gasteiger partial charge on any atom is 0.280 e. The standard InChI is InChI=1S/C14H17N3O/c1-14(2,3)11-9-12(15)17(16-11)13(18)10-7-5-4-6-8-10/h4-9H,15H2,1-3H3. The average molecular weight is 243 g/mol. The minimum Gasteiger partial charge on any atom is -0.383 e. The fourth-order valence-electron chi connectivity index (χ4n) is 1.63. The molecule has 1 aromatic carbocycles. The van der Waals surface area contributed by atoms with Crippen molar-refractivity contribution in [3.05, 3.63) is 47.7 Å². The van der Waals surface area contributed by atoms with E-state index in [2.05, 4.69) is 5.10 Å². The number of benzene rings is 1. The minimum absolute atomic E-state index is 0.129. The summed E-state index contributed by atoms with van der Waals surface area (Å²) in [6.07, 6.45) is 0. The number of anilines is 1. The largest absolute Gasteiger partial charge is 0.383 e. The lowest BCUT2D eigenvalue weighted by Crippen LogP contribution is -2.18. The maximum absolute atomic E-state index is 12.2. The van der Waals surface area contributed by atoms with Gasteiger partial charge in [-0.1, -0.05) is 39.0 Å². The van der Waals surface area contributed by atoms with Gasteiger partial charge in [-0.2, -0.15) is 9.78 Å². The van der Waals surface area contributed by atoms with Crippen LogP contribution < -0.4 is 5.73 Å². The Kier molecular flexibility index (Phi) is 2.95. The molecule has 0 atom stereocenters. The third kappa shape index (κ3) is 2.27. The number of aromatic nitrogens is 2. The second kappa shape index (κ2) is 4.29. The van der Waals surface area contributed by atoms with Crippen molar-refractivity contribution in [2.75, 3.05) is 5.73 Å². The van der Waals surface area contributed by atoms with E-state index in [1.807, 2.05) is 39.0 Å². The van der Waals surface area contributed by atoms with Crippen LogP contribution in [0, 0.1) is 0 Å². The zero-order chi connectivity index (χ0) is 13.3. The Labute approximate surface area is 106 Å². The van der Waals surface area contributed by atoms with E-state index in [1.165, 1.54) is 4.68 Å². The normalized spacial score (nSPS) is 11.5. The van der Waals surface area contributed by atoms with Crippen molar-refractivity contribution in [3.8, 4) is 0 Å². The first kappa shape index (κ1) is 12.4. The first-order valence-electron chi connectivity index (χ1n) is 5.85. The predicted molar refractivity (Wildman–Crippen MR) is 71.5 cm³/mol. The number of carbonyl (C=O) groups excluding carboxylic acids is 1. The molecule has 2 rings (SSSR count). The second-order valence-electron chi connectivity index (χ2n) is 5.29. The average Bonchev–Trinajstić information content (AvgIpc) is 2.71. The van der Waals surface area contributed by atoms with E-state index in [0.29, 0.717) is 11.4 Å². The summed E-state index contributed by atoms with van der Waals surface area (Å²) in [5, 5.41) is 4.30. The summed E-state index contributed by atoms with van der Waals surface area (Å²) in [6, 6.07) is 10.8. The van der Waals surface area contributed by atoms with Gasteiger partial charge in [0, 0.05) is 17.0 Å². The quantitative estimate of drug-likeness (QED) is 0.836. The molecule has 0 spiro atoms. The van der Waals surface area contributed by atoms with Gasteiger partial charge >= 0.3 is 0 Å². The van der Waals surface area contributed by atoms with E-state index >= 15 is 0 Å². The molecule has 0 saturated heterocycles. The van der Waals surface area contributed by atoms with Gasteiger partial charge in [-0.3, -0.25) is 4.79 Å². The summed E-state index contributed by atoms with van der Waals surface area (Å²) in [5.41, 5.74) is 7.11. The van der Waals surface area contributed by atoms with E-state index in [9.17, 15) is 4.79 Å². The lowest BCUT2D eigenvalue weighted by atomic mass is 9.92. The van der Waals surface area contributed by atoms with Crippen LogP contribution in [-0.4, -0.2) is 15.7 Å². The van der Waals surface area contributed by atoms with Gasteiger partial charge in [-0.15, -0.1) is 0 Å².